The lowest BCUT2D eigenvalue weighted by atomic mass is 9.63. The van der Waals surface area contributed by atoms with E-state index in [1.807, 2.05) is 12.1 Å². The quantitative estimate of drug-likeness (QED) is 0.821. The van der Waals surface area contributed by atoms with Gasteiger partial charge in [0.15, 0.2) is 0 Å². The van der Waals surface area contributed by atoms with Crippen molar-refractivity contribution in [2.24, 2.45) is 0 Å². The topological polar surface area (TPSA) is 61.2 Å². The molecule has 0 saturated carbocycles. The van der Waals surface area contributed by atoms with Gasteiger partial charge in [-0.15, -0.1) is 0 Å². The average Bonchev–Trinajstić information content (AvgIpc) is 2.34. The van der Waals surface area contributed by atoms with Crippen LogP contribution in [0.15, 0.2) is 18.2 Å². The van der Waals surface area contributed by atoms with Gasteiger partial charge in [0.05, 0.1) is 6.42 Å². The first-order chi connectivity index (χ1) is 9.13. The van der Waals surface area contributed by atoms with Crippen molar-refractivity contribution in [3.8, 4) is 0 Å². The standard InChI is InChI=1S/C17H23NO2/c1-16(2)7-8-17(3,4)13-9-11(5-6-12(13)16)14(18)10-15(19)20/h5-6,9,18H,7-8,10H2,1-4H3,(H,19,20). The molecule has 20 heavy (non-hydrogen) atoms. The molecule has 3 nitrogen and oxygen atoms in total. The second kappa shape index (κ2) is 4.72. The second-order valence-electron chi connectivity index (χ2n) is 7.08. The molecule has 2 rings (SSSR count). The molecular formula is C17H23NO2. The molecule has 0 amide bonds. The molecule has 0 unspecified atom stereocenters. The van der Waals surface area contributed by atoms with E-state index in [0.717, 1.165) is 18.4 Å². The largest absolute Gasteiger partial charge is 0.481 e. The third kappa shape index (κ3) is 2.62. The van der Waals surface area contributed by atoms with Crippen LogP contribution in [-0.4, -0.2) is 16.8 Å². The van der Waals surface area contributed by atoms with Crippen LogP contribution in [0, 0.1) is 5.41 Å². The van der Waals surface area contributed by atoms with Gasteiger partial charge in [-0.25, -0.2) is 0 Å². The summed E-state index contributed by atoms with van der Waals surface area (Å²) in [6, 6.07) is 6.01. The summed E-state index contributed by atoms with van der Waals surface area (Å²) in [4.78, 5) is 10.8. The van der Waals surface area contributed by atoms with Gasteiger partial charge in [0.25, 0.3) is 0 Å². The predicted molar refractivity (Wildman–Crippen MR) is 80.8 cm³/mol. The van der Waals surface area contributed by atoms with Crippen LogP contribution in [0.1, 0.15) is 63.6 Å². The molecule has 0 aromatic heterocycles. The molecule has 3 heteroatoms. The molecule has 2 N–H and O–H groups in total. The molecule has 1 aromatic carbocycles. The molecule has 0 bridgehead atoms. The van der Waals surface area contributed by atoms with Crippen LogP contribution < -0.4 is 0 Å². The zero-order valence-corrected chi connectivity index (χ0v) is 12.7. The fourth-order valence-corrected chi connectivity index (χ4v) is 3.03. The maximum absolute atomic E-state index is 10.8. The molecule has 0 heterocycles. The van der Waals surface area contributed by atoms with Gasteiger partial charge in [-0.05, 0) is 46.4 Å². The first kappa shape index (κ1) is 14.8. The van der Waals surface area contributed by atoms with Crippen molar-refractivity contribution in [1.82, 2.24) is 0 Å². The molecule has 108 valence electrons. The van der Waals surface area contributed by atoms with Gasteiger partial charge in [-0.3, -0.25) is 4.79 Å². The Balaban J connectivity index is 2.48. The van der Waals surface area contributed by atoms with Gasteiger partial charge in [-0.1, -0.05) is 39.8 Å². The normalized spacial score (nSPS) is 19.2. The number of fused-ring (bicyclic) bond motifs is 1. The van der Waals surface area contributed by atoms with E-state index < -0.39 is 5.97 Å². The third-order valence-corrected chi connectivity index (χ3v) is 4.53. The van der Waals surface area contributed by atoms with Crippen LogP contribution in [0.3, 0.4) is 0 Å². The molecule has 0 saturated heterocycles. The summed E-state index contributed by atoms with van der Waals surface area (Å²) in [5.74, 6) is -0.952. The van der Waals surface area contributed by atoms with Crippen LogP contribution in [0.25, 0.3) is 0 Å². The molecule has 0 spiro atoms. The number of carboxylic acid groups (broad SMARTS) is 1. The van der Waals surface area contributed by atoms with Crippen LogP contribution >= 0.6 is 0 Å². The van der Waals surface area contributed by atoms with E-state index in [1.54, 1.807) is 0 Å². The Hall–Kier alpha value is -1.64. The minimum Gasteiger partial charge on any atom is -0.481 e. The van der Waals surface area contributed by atoms with Crippen molar-refractivity contribution in [1.29, 1.82) is 5.41 Å². The molecule has 0 aliphatic heterocycles. The summed E-state index contributed by atoms with van der Waals surface area (Å²) in [6.07, 6.45) is 2.05. The Labute approximate surface area is 120 Å². The van der Waals surface area contributed by atoms with Crippen molar-refractivity contribution in [2.75, 3.05) is 0 Å². The number of benzene rings is 1. The van der Waals surface area contributed by atoms with Crippen LogP contribution in [0.5, 0.6) is 0 Å². The molecule has 0 fully saturated rings. The van der Waals surface area contributed by atoms with Crippen molar-refractivity contribution in [2.45, 2.75) is 57.8 Å². The minimum absolute atomic E-state index is 0.0877. The summed E-state index contributed by atoms with van der Waals surface area (Å²) >= 11 is 0. The lowest BCUT2D eigenvalue weighted by molar-refractivity contribution is -0.135. The van der Waals surface area contributed by atoms with Crippen LogP contribution in [0.4, 0.5) is 0 Å². The zero-order valence-electron chi connectivity index (χ0n) is 12.7. The molecule has 0 atom stereocenters. The number of aliphatic carboxylic acids is 1. The number of hydrogen-bond donors (Lipinski definition) is 2. The molecule has 0 radical (unpaired) electrons. The number of carbonyl (C=O) groups is 1. The molecule has 1 aliphatic carbocycles. The zero-order chi connectivity index (χ0) is 15.1. The van der Waals surface area contributed by atoms with E-state index in [-0.39, 0.29) is 23.0 Å². The Morgan fingerprint density at radius 3 is 2.25 bits per heavy atom. The Kier molecular flexibility index (Phi) is 3.49. The van der Waals surface area contributed by atoms with Crippen molar-refractivity contribution >= 4 is 11.7 Å². The number of carboxylic acids is 1. The predicted octanol–water partition coefficient (Wildman–Crippen LogP) is 3.88. The highest BCUT2D eigenvalue weighted by Crippen LogP contribution is 2.45. The summed E-state index contributed by atoms with van der Waals surface area (Å²) in [5.41, 5.74) is 3.75. The van der Waals surface area contributed by atoms with Gasteiger partial charge in [0.1, 0.15) is 0 Å². The van der Waals surface area contributed by atoms with Gasteiger partial charge in [0, 0.05) is 5.71 Å². The molecular weight excluding hydrogens is 250 g/mol. The fourth-order valence-electron chi connectivity index (χ4n) is 3.03. The Morgan fingerprint density at radius 1 is 1.15 bits per heavy atom. The minimum atomic E-state index is -0.952. The smallest absolute Gasteiger partial charge is 0.309 e. The highest BCUT2D eigenvalue weighted by Gasteiger charge is 2.37. The third-order valence-electron chi connectivity index (χ3n) is 4.53. The molecule has 1 aromatic rings. The Morgan fingerprint density at radius 2 is 1.70 bits per heavy atom. The van der Waals surface area contributed by atoms with E-state index in [4.69, 9.17) is 10.5 Å². The number of nitrogens with one attached hydrogen (secondary N) is 1. The average molecular weight is 273 g/mol. The second-order valence-corrected chi connectivity index (χ2v) is 7.08. The SMILES string of the molecule is CC1(C)CCC(C)(C)c2cc(C(=N)CC(=O)O)ccc21. The van der Waals surface area contributed by atoms with E-state index in [0.29, 0.717) is 0 Å². The highest BCUT2D eigenvalue weighted by molar-refractivity contribution is 6.07. The summed E-state index contributed by atoms with van der Waals surface area (Å²) in [5, 5.41) is 16.8. The van der Waals surface area contributed by atoms with E-state index in [2.05, 4.69) is 33.8 Å². The van der Waals surface area contributed by atoms with Gasteiger partial charge in [-0.2, -0.15) is 0 Å². The fraction of sp³-hybridized carbons (Fsp3) is 0.529. The van der Waals surface area contributed by atoms with Crippen molar-refractivity contribution in [3.63, 3.8) is 0 Å². The first-order valence-electron chi connectivity index (χ1n) is 7.08. The van der Waals surface area contributed by atoms with Gasteiger partial charge < -0.3 is 10.5 Å². The first-order valence-corrected chi connectivity index (χ1v) is 7.08. The molecule has 1 aliphatic rings. The maximum Gasteiger partial charge on any atom is 0.309 e. The van der Waals surface area contributed by atoms with Gasteiger partial charge in [0.2, 0.25) is 0 Å². The monoisotopic (exact) mass is 273 g/mol. The van der Waals surface area contributed by atoms with Crippen molar-refractivity contribution in [3.05, 3.63) is 34.9 Å². The number of hydrogen-bond acceptors (Lipinski definition) is 2. The highest BCUT2D eigenvalue weighted by atomic mass is 16.4. The van der Waals surface area contributed by atoms with E-state index in [1.165, 1.54) is 11.1 Å². The summed E-state index contributed by atoms with van der Waals surface area (Å²) < 4.78 is 0. The van der Waals surface area contributed by atoms with Crippen LogP contribution in [0.2, 0.25) is 0 Å². The van der Waals surface area contributed by atoms with E-state index >= 15 is 0 Å². The Bertz CT molecular complexity index is 570. The van der Waals surface area contributed by atoms with E-state index in [9.17, 15) is 4.79 Å². The lowest BCUT2D eigenvalue weighted by Crippen LogP contribution is -2.34. The number of rotatable bonds is 3. The lowest BCUT2D eigenvalue weighted by Gasteiger charge is -2.42. The van der Waals surface area contributed by atoms with Crippen molar-refractivity contribution < 1.29 is 9.90 Å². The summed E-state index contributed by atoms with van der Waals surface area (Å²) in [7, 11) is 0. The summed E-state index contributed by atoms with van der Waals surface area (Å²) in [6.45, 7) is 8.96. The van der Waals surface area contributed by atoms with Gasteiger partial charge >= 0.3 is 5.97 Å². The maximum atomic E-state index is 10.8. The van der Waals surface area contributed by atoms with Crippen LogP contribution in [-0.2, 0) is 15.6 Å².